The molecule has 1 N–H and O–H groups in total. The standard InChI is InChI=1S/C36H41N3O5S/c1-5-6-24-37-36(41)29(4)38(25-30-13-11-10-12-28(30)3)35(40)26-39(45(42,43)34-22-16-27(2)17-23-34)31-18-20-33(21-19-31)44-32-14-8-7-9-15-32/h7-23,29H,5-6,24-26H2,1-4H3,(H,37,41). The Labute approximate surface area is 266 Å². The van der Waals surface area contributed by atoms with E-state index in [4.69, 9.17) is 4.74 Å². The minimum absolute atomic E-state index is 0.0568. The zero-order chi connectivity index (χ0) is 32.4. The van der Waals surface area contributed by atoms with Crippen molar-refractivity contribution in [3.8, 4) is 11.5 Å². The van der Waals surface area contributed by atoms with E-state index in [0.717, 1.165) is 33.8 Å². The first-order valence-electron chi connectivity index (χ1n) is 15.1. The van der Waals surface area contributed by atoms with Crippen LogP contribution in [0.1, 0.15) is 43.4 Å². The highest BCUT2D eigenvalue weighted by atomic mass is 32.2. The first-order valence-corrected chi connectivity index (χ1v) is 16.6. The lowest BCUT2D eigenvalue weighted by molar-refractivity contribution is -0.139. The van der Waals surface area contributed by atoms with Gasteiger partial charge in [0.15, 0.2) is 0 Å². The third kappa shape index (κ3) is 8.73. The lowest BCUT2D eigenvalue weighted by Gasteiger charge is -2.32. The van der Waals surface area contributed by atoms with E-state index in [-0.39, 0.29) is 17.3 Å². The topological polar surface area (TPSA) is 96.0 Å². The third-order valence-corrected chi connectivity index (χ3v) is 9.38. The zero-order valence-electron chi connectivity index (χ0n) is 26.3. The SMILES string of the molecule is CCCCNC(=O)C(C)N(Cc1ccccc1C)C(=O)CN(c1ccc(Oc2ccccc2)cc1)S(=O)(=O)c1ccc(C)cc1. The molecular weight excluding hydrogens is 586 g/mol. The summed E-state index contributed by atoms with van der Waals surface area (Å²) in [5.41, 5.74) is 3.04. The molecule has 0 aliphatic rings. The van der Waals surface area contributed by atoms with Crippen LogP contribution in [0, 0.1) is 13.8 Å². The number of sulfonamides is 1. The molecule has 0 saturated heterocycles. The molecule has 4 aromatic carbocycles. The summed E-state index contributed by atoms with van der Waals surface area (Å²) in [5.74, 6) is 0.363. The number of hydrogen-bond acceptors (Lipinski definition) is 5. The Morgan fingerprint density at radius 3 is 2.09 bits per heavy atom. The van der Waals surface area contributed by atoms with Crippen LogP contribution in [0.4, 0.5) is 5.69 Å². The highest BCUT2D eigenvalue weighted by molar-refractivity contribution is 7.92. The molecule has 0 saturated carbocycles. The highest BCUT2D eigenvalue weighted by Gasteiger charge is 2.32. The van der Waals surface area contributed by atoms with Crippen molar-refractivity contribution in [3.05, 3.63) is 120 Å². The normalized spacial score (nSPS) is 11.8. The number of nitrogens with one attached hydrogen (secondary N) is 1. The van der Waals surface area contributed by atoms with Crippen LogP contribution in [0.2, 0.25) is 0 Å². The molecule has 0 bridgehead atoms. The molecule has 236 valence electrons. The summed E-state index contributed by atoms with van der Waals surface area (Å²) in [6.07, 6.45) is 1.73. The van der Waals surface area contributed by atoms with E-state index in [9.17, 15) is 18.0 Å². The molecule has 1 unspecified atom stereocenters. The van der Waals surface area contributed by atoms with Gasteiger partial charge in [0.1, 0.15) is 24.1 Å². The first kappa shape index (κ1) is 33.3. The molecule has 2 amide bonds. The number of para-hydroxylation sites is 1. The van der Waals surface area contributed by atoms with Gasteiger partial charge in [0.2, 0.25) is 11.8 Å². The van der Waals surface area contributed by atoms with Crippen molar-refractivity contribution in [3.63, 3.8) is 0 Å². The smallest absolute Gasteiger partial charge is 0.264 e. The zero-order valence-corrected chi connectivity index (χ0v) is 27.1. The Morgan fingerprint density at radius 2 is 1.44 bits per heavy atom. The first-order chi connectivity index (χ1) is 21.6. The van der Waals surface area contributed by atoms with Gasteiger partial charge in [0, 0.05) is 13.1 Å². The van der Waals surface area contributed by atoms with Gasteiger partial charge in [-0.1, -0.05) is 73.5 Å². The van der Waals surface area contributed by atoms with Crippen molar-refractivity contribution in [2.75, 3.05) is 17.4 Å². The van der Waals surface area contributed by atoms with Crippen molar-refractivity contribution < 1.29 is 22.7 Å². The Morgan fingerprint density at radius 1 is 0.822 bits per heavy atom. The predicted octanol–water partition coefficient (Wildman–Crippen LogP) is 6.62. The summed E-state index contributed by atoms with van der Waals surface area (Å²) in [4.78, 5) is 28.9. The third-order valence-electron chi connectivity index (χ3n) is 7.59. The second-order valence-electron chi connectivity index (χ2n) is 11.0. The number of carbonyl (C=O) groups is 2. The van der Waals surface area contributed by atoms with Crippen LogP contribution < -0.4 is 14.4 Å². The quantitative estimate of drug-likeness (QED) is 0.159. The minimum Gasteiger partial charge on any atom is -0.457 e. The maximum atomic E-state index is 14.2. The summed E-state index contributed by atoms with van der Waals surface area (Å²) in [7, 11) is -4.17. The molecule has 0 heterocycles. The number of amides is 2. The van der Waals surface area contributed by atoms with Gasteiger partial charge in [-0.25, -0.2) is 8.42 Å². The van der Waals surface area contributed by atoms with Crippen LogP contribution in [0.5, 0.6) is 11.5 Å². The molecule has 0 radical (unpaired) electrons. The van der Waals surface area contributed by atoms with Crippen molar-refractivity contribution in [1.82, 2.24) is 10.2 Å². The summed E-state index contributed by atoms with van der Waals surface area (Å²) >= 11 is 0. The molecule has 0 aliphatic heterocycles. The molecule has 8 nitrogen and oxygen atoms in total. The van der Waals surface area contributed by atoms with Crippen LogP contribution >= 0.6 is 0 Å². The van der Waals surface area contributed by atoms with Crippen LogP contribution in [-0.4, -0.2) is 44.3 Å². The van der Waals surface area contributed by atoms with Crippen LogP contribution in [0.3, 0.4) is 0 Å². The summed E-state index contributed by atoms with van der Waals surface area (Å²) in [5, 5.41) is 2.91. The summed E-state index contributed by atoms with van der Waals surface area (Å²) in [6, 6.07) is 29.1. The number of hydrogen-bond donors (Lipinski definition) is 1. The molecule has 45 heavy (non-hydrogen) atoms. The maximum absolute atomic E-state index is 14.2. The van der Waals surface area contributed by atoms with E-state index < -0.39 is 28.5 Å². The largest absolute Gasteiger partial charge is 0.457 e. The average molecular weight is 628 g/mol. The lowest BCUT2D eigenvalue weighted by Crippen LogP contribution is -2.51. The number of ether oxygens (including phenoxy) is 1. The Hall–Kier alpha value is -4.63. The lowest BCUT2D eigenvalue weighted by atomic mass is 10.1. The molecule has 1 atom stereocenters. The predicted molar refractivity (Wildman–Crippen MR) is 178 cm³/mol. The number of anilines is 1. The van der Waals surface area contributed by atoms with Gasteiger partial charge in [0.25, 0.3) is 10.0 Å². The van der Waals surface area contributed by atoms with E-state index in [1.165, 1.54) is 17.0 Å². The minimum atomic E-state index is -4.17. The fourth-order valence-electron chi connectivity index (χ4n) is 4.76. The van der Waals surface area contributed by atoms with Gasteiger partial charge in [-0.2, -0.15) is 0 Å². The second-order valence-corrected chi connectivity index (χ2v) is 12.9. The molecule has 4 aromatic rings. The number of carbonyl (C=O) groups excluding carboxylic acids is 2. The highest BCUT2D eigenvalue weighted by Crippen LogP contribution is 2.29. The Balaban J connectivity index is 1.69. The van der Waals surface area contributed by atoms with Crippen molar-refractivity contribution in [2.24, 2.45) is 0 Å². The van der Waals surface area contributed by atoms with Crippen molar-refractivity contribution >= 4 is 27.5 Å². The van der Waals surface area contributed by atoms with Gasteiger partial charge in [-0.05, 0) is 86.8 Å². The fourth-order valence-corrected chi connectivity index (χ4v) is 6.18. The molecule has 0 fully saturated rings. The van der Waals surface area contributed by atoms with Gasteiger partial charge in [-0.3, -0.25) is 13.9 Å². The Kier molecular flexibility index (Phi) is 11.4. The second kappa shape index (κ2) is 15.4. The number of unbranched alkanes of at least 4 members (excludes halogenated alkanes) is 1. The molecule has 4 rings (SSSR count). The van der Waals surface area contributed by atoms with Crippen molar-refractivity contribution in [1.29, 1.82) is 0 Å². The monoisotopic (exact) mass is 627 g/mol. The number of rotatable bonds is 14. The van der Waals surface area contributed by atoms with E-state index in [0.29, 0.717) is 23.7 Å². The van der Waals surface area contributed by atoms with Crippen LogP contribution in [0.25, 0.3) is 0 Å². The molecule has 0 aromatic heterocycles. The maximum Gasteiger partial charge on any atom is 0.264 e. The Bertz CT molecular complexity index is 1670. The van der Waals surface area contributed by atoms with E-state index >= 15 is 0 Å². The van der Waals surface area contributed by atoms with E-state index in [1.807, 2.05) is 75.4 Å². The molecule has 0 spiro atoms. The van der Waals surface area contributed by atoms with E-state index in [1.54, 1.807) is 43.3 Å². The average Bonchev–Trinajstić information content (AvgIpc) is 3.04. The fraction of sp³-hybridized carbons (Fsp3) is 0.278. The summed E-state index contributed by atoms with van der Waals surface area (Å²) < 4.78 is 35.2. The molecule has 9 heteroatoms. The van der Waals surface area contributed by atoms with Crippen molar-refractivity contribution in [2.45, 2.75) is 58.0 Å². The molecule has 0 aliphatic carbocycles. The number of nitrogens with zero attached hydrogens (tertiary/aromatic N) is 2. The molecular formula is C36H41N3O5S. The van der Waals surface area contributed by atoms with E-state index in [2.05, 4.69) is 5.32 Å². The number of aryl methyl sites for hydroxylation is 2. The van der Waals surface area contributed by atoms with Crippen LogP contribution in [0.15, 0.2) is 108 Å². The van der Waals surface area contributed by atoms with Gasteiger partial charge in [0.05, 0.1) is 10.6 Å². The van der Waals surface area contributed by atoms with Crippen LogP contribution in [-0.2, 0) is 26.2 Å². The van der Waals surface area contributed by atoms with Gasteiger partial charge in [-0.15, -0.1) is 0 Å². The van der Waals surface area contributed by atoms with Gasteiger partial charge >= 0.3 is 0 Å². The summed E-state index contributed by atoms with van der Waals surface area (Å²) in [6.45, 7) is 7.66. The van der Waals surface area contributed by atoms with Gasteiger partial charge < -0.3 is 15.0 Å². The number of benzene rings is 4.